The smallest absolute Gasteiger partial charge is 0.133 e. The summed E-state index contributed by atoms with van der Waals surface area (Å²) in [5.74, 6) is 2.10. The number of rotatable bonds is 6. The maximum atomic E-state index is 6.13. The van der Waals surface area contributed by atoms with Crippen LogP contribution in [-0.4, -0.2) is 24.9 Å². The van der Waals surface area contributed by atoms with Crippen LogP contribution in [0.25, 0.3) is 0 Å². The van der Waals surface area contributed by atoms with Crippen LogP contribution in [0.3, 0.4) is 0 Å². The van der Waals surface area contributed by atoms with Gasteiger partial charge in [-0.1, -0.05) is 38.3 Å². The number of para-hydroxylation sites is 1. The minimum absolute atomic E-state index is 0.298. The van der Waals surface area contributed by atoms with E-state index in [2.05, 4.69) is 30.4 Å². The first-order chi connectivity index (χ1) is 8.85. The third kappa shape index (κ3) is 3.42. The van der Waals surface area contributed by atoms with Gasteiger partial charge in [-0.05, 0) is 25.6 Å². The van der Waals surface area contributed by atoms with Crippen molar-refractivity contribution in [3.63, 3.8) is 0 Å². The summed E-state index contributed by atoms with van der Waals surface area (Å²) in [5, 5.41) is 3.42. The predicted octanol–water partition coefficient (Wildman–Crippen LogP) is 3.71. The topological polar surface area (TPSA) is 21.3 Å². The predicted molar refractivity (Wildman–Crippen MR) is 78.6 cm³/mol. The molecule has 2 unspecified atom stereocenters. The molecule has 0 amide bonds. The largest absolute Gasteiger partial charge is 0.487 e. The zero-order valence-electron chi connectivity index (χ0n) is 11.3. The first kappa shape index (κ1) is 13.8. The molecular weight excluding hydrogens is 242 g/mol. The number of likely N-dealkylation sites (N-methyl/N-ethyl adjacent to an activating group) is 1. The van der Waals surface area contributed by atoms with E-state index in [1.54, 1.807) is 0 Å². The lowest BCUT2D eigenvalue weighted by molar-refractivity contribution is 0.163. The Bertz CT molecular complexity index is 369. The zero-order valence-corrected chi connectivity index (χ0v) is 12.1. The van der Waals surface area contributed by atoms with Gasteiger partial charge in [0, 0.05) is 16.7 Å². The number of hydrogen-bond acceptors (Lipinski definition) is 3. The van der Waals surface area contributed by atoms with Gasteiger partial charge in [0.25, 0.3) is 0 Å². The molecule has 0 bridgehead atoms. The van der Waals surface area contributed by atoms with Gasteiger partial charge >= 0.3 is 0 Å². The third-order valence-corrected chi connectivity index (χ3v) is 4.61. The lowest BCUT2D eigenvalue weighted by atomic mass is 10.0. The van der Waals surface area contributed by atoms with E-state index in [1.165, 1.54) is 30.6 Å². The fraction of sp³-hybridized carbons (Fsp3) is 0.600. The van der Waals surface area contributed by atoms with Crippen molar-refractivity contribution < 1.29 is 4.74 Å². The summed E-state index contributed by atoms with van der Waals surface area (Å²) in [6.45, 7) is 2.25. The molecule has 2 nitrogen and oxygen atoms in total. The highest BCUT2D eigenvalue weighted by molar-refractivity contribution is 7.99. The van der Waals surface area contributed by atoms with Crippen molar-refractivity contribution in [1.29, 1.82) is 0 Å². The Kier molecular flexibility index (Phi) is 5.39. The fourth-order valence-electron chi connectivity index (χ4n) is 2.36. The minimum atomic E-state index is 0.298. The summed E-state index contributed by atoms with van der Waals surface area (Å²) >= 11 is 1.91. The molecule has 0 spiro atoms. The van der Waals surface area contributed by atoms with Crippen LogP contribution in [0.2, 0.25) is 0 Å². The van der Waals surface area contributed by atoms with Crippen LogP contribution in [0, 0.1) is 0 Å². The number of unbranched alkanes of at least 4 members (excludes halogenated alkanes) is 2. The molecule has 1 aliphatic rings. The molecule has 0 saturated heterocycles. The third-order valence-electron chi connectivity index (χ3n) is 3.47. The number of fused-ring (bicyclic) bond motifs is 1. The van der Waals surface area contributed by atoms with Gasteiger partial charge in [0.05, 0.1) is 0 Å². The van der Waals surface area contributed by atoms with Crippen molar-refractivity contribution in [2.75, 3.05) is 12.8 Å². The molecule has 0 radical (unpaired) electrons. The number of ether oxygens (including phenoxy) is 1. The number of thioether (sulfide) groups is 1. The molecular formula is C15H23NOS. The van der Waals surface area contributed by atoms with E-state index in [0.717, 1.165) is 11.5 Å². The molecule has 1 aliphatic heterocycles. The molecule has 0 fully saturated rings. The molecule has 0 saturated carbocycles. The average Bonchev–Trinajstić information content (AvgIpc) is 2.43. The summed E-state index contributed by atoms with van der Waals surface area (Å²) in [4.78, 5) is 1.28. The van der Waals surface area contributed by atoms with E-state index in [-0.39, 0.29) is 0 Å². The van der Waals surface area contributed by atoms with Gasteiger partial charge < -0.3 is 10.1 Å². The zero-order chi connectivity index (χ0) is 12.8. The van der Waals surface area contributed by atoms with Crippen LogP contribution < -0.4 is 10.1 Å². The second-order valence-electron chi connectivity index (χ2n) is 4.80. The Balaban J connectivity index is 1.93. The number of benzene rings is 1. The van der Waals surface area contributed by atoms with Gasteiger partial charge in [0.2, 0.25) is 0 Å². The van der Waals surface area contributed by atoms with E-state index >= 15 is 0 Å². The van der Waals surface area contributed by atoms with Crippen molar-refractivity contribution in [3.8, 4) is 5.75 Å². The Hall–Kier alpha value is -0.670. The van der Waals surface area contributed by atoms with Gasteiger partial charge in [-0.15, -0.1) is 11.8 Å². The molecule has 18 heavy (non-hydrogen) atoms. The molecule has 1 aromatic carbocycles. The van der Waals surface area contributed by atoms with Crippen LogP contribution in [0.15, 0.2) is 29.2 Å². The van der Waals surface area contributed by atoms with Crippen LogP contribution in [-0.2, 0) is 0 Å². The highest BCUT2D eigenvalue weighted by atomic mass is 32.2. The Morgan fingerprint density at radius 3 is 3.00 bits per heavy atom. The average molecular weight is 265 g/mol. The highest BCUT2D eigenvalue weighted by Crippen LogP contribution is 2.36. The van der Waals surface area contributed by atoms with Crippen molar-refractivity contribution in [3.05, 3.63) is 24.3 Å². The lowest BCUT2D eigenvalue weighted by Crippen LogP contribution is -2.44. The first-order valence-electron chi connectivity index (χ1n) is 6.91. The molecule has 2 atom stereocenters. The summed E-state index contributed by atoms with van der Waals surface area (Å²) in [5.41, 5.74) is 0. The van der Waals surface area contributed by atoms with Gasteiger partial charge in [-0.3, -0.25) is 0 Å². The molecule has 0 aliphatic carbocycles. The SMILES string of the molecule is CCCCCC(NC)C1CSc2ccccc2O1. The maximum Gasteiger partial charge on any atom is 0.133 e. The standard InChI is InChI=1S/C15H23NOS/c1-3-4-5-8-12(16-2)14-11-18-15-10-7-6-9-13(15)17-14/h6-7,9-10,12,14,16H,3-5,8,11H2,1-2H3. The molecule has 100 valence electrons. The maximum absolute atomic E-state index is 6.13. The van der Waals surface area contributed by atoms with Crippen molar-refractivity contribution in [1.82, 2.24) is 5.32 Å². The highest BCUT2D eigenvalue weighted by Gasteiger charge is 2.26. The van der Waals surface area contributed by atoms with E-state index in [0.29, 0.717) is 12.1 Å². The lowest BCUT2D eigenvalue weighted by Gasteiger charge is -2.31. The molecule has 0 aromatic heterocycles. The van der Waals surface area contributed by atoms with E-state index in [4.69, 9.17) is 4.74 Å². The number of nitrogens with one attached hydrogen (secondary N) is 1. The van der Waals surface area contributed by atoms with Crippen LogP contribution in [0.5, 0.6) is 5.75 Å². The van der Waals surface area contributed by atoms with Crippen LogP contribution in [0.1, 0.15) is 32.6 Å². The number of hydrogen-bond donors (Lipinski definition) is 1. The van der Waals surface area contributed by atoms with E-state index in [9.17, 15) is 0 Å². The monoisotopic (exact) mass is 265 g/mol. The Morgan fingerprint density at radius 2 is 2.22 bits per heavy atom. The molecule has 1 aromatic rings. The van der Waals surface area contributed by atoms with Gasteiger partial charge in [-0.25, -0.2) is 0 Å². The van der Waals surface area contributed by atoms with E-state index in [1.807, 2.05) is 24.9 Å². The summed E-state index contributed by atoms with van der Waals surface area (Å²) in [6, 6.07) is 8.81. The fourth-order valence-corrected chi connectivity index (χ4v) is 3.44. The molecule has 2 rings (SSSR count). The Morgan fingerprint density at radius 1 is 1.39 bits per heavy atom. The van der Waals surface area contributed by atoms with Crippen molar-refractivity contribution in [2.45, 2.75) is 49.6 Å². The summed E-state index contributed by atoms with van der Waals surface area (Å²) < 4.78 is 6.13. The van der Waals surface area contributed by atoms with Crippen molar-refractivity contribution in [2.24, 2.45) is 0 Å². The second kappa shape index (κ2) is 7.05. The van der Waals surface area contributed by atoms with Gasteiger partial charge in [0.15, 0.2) is 0 Å². The normalized spacial score (nSPS) is 20.0. The van der Waals surface area contributed by atoms with E-state index < -0.39 is 0 Å². The molecule has 3 heteroatoms. The van der Waals surface area contributed by atoms with Gasteiger partial charge in [-0.2, -0.15) is 0 Å². The molecule has 1 N–H and O–H groups in total. The molecule has 1 heterocycles. The summed E-state index contributed by atoms with van der Waals surface area (Å²) in [6.07, 6.45) is 5.38. The van der Waals surface area contributed by atoms with Crippen LogP contribution in [0.4, 0.5) is 0 Å². The quantitative estimate of drug-likeness (QED) is 0.792. The van der Waals surface area contributed by atoms with Crippen molar-refractivity contribution >= 4 is 11.8 Å². The first-order valence-corrected chi connectivity index (χ1v) is 7.89. The Labute approximate surface area is 114 Å². The van der Waals surface area contributed by atoms with Gasteiger partial charge in [0.1, 0.15) is 11.9 Å². The van der Waals surface area contributed by atoms with Crippen LogP contribution >= 0.6 is 11.8 Å². The minimum Gasteiger partial charge on any atom is -0.487 e. The second-order valence-corrected chi connectivity index (χ2v) is 5.87. The summed E-state index contributed by atoms with van der Waals surface area (Å²) in [7, 11) is 2.05.